The van der Waals surface area contributed by atoms with Crippen LogP contribution in [0.15, 0.2) is 29.2 Å². The molecule has 0 atom stereocenters. The van der Waals surface area contributed by atoms with Gasteiger partial charge >= 0.3 is 0 Å². The van der Waals surface area contributed by atoms with Gasteiger partial charge < -0.3 is 15.4 Å². The van der Waals surface area contributed by atoms with Gasteiger partial charge in [0.1, 0.15) is 11.7 Å². The number of hydrogen-bond donors (Lipinski definition) is 2. The summed E-state index contributed by atoms with van der Waals surface area (Å²) < 4.78 is 32.8. The van der Waals surface area contributed by atoms with Crippen LogP contribution in [0.1, 0.15) is 58.3 Å². The molecular formula is C24H32N4O5S2. The number of fused-ring (bicyclic) bond motifs is 1. The van der Waals surface area contributed by atoms with Crippen LogP contribution < -0.4 is 10.6 Å². The Balaban J connectivity index is 1.56. The number of amides is 2. The summed E-state index contributed by atoms with van der Waals surface area (Å²) in [5.41, 5.74) is 1.18. The number of rotatable bonds is 7. The lowest BCUT2D eigenvalue weighted by Crippen LogP contribution is -2.44. The standard InChI is InChI=1S/C24H32N4O5S2/c1-5-11-27-12-10-18-19(13-27)34-23(20(18)22(30)25-4)26-21(29)16-6-8-17(9-7-16)35(31,32)28-15-33-14-24(28,2)3/h6-9H,5,10-15H2,1-4H3,(H,25,30)(H,26,29). The van der Waals surface area contributed by atoms with Crippen LogP contribution >= 0.6 is 11.3 Å². The summed E-state index contributed by atoms with van der Waals surface area (Å²) in [5.74, 6) is -0.619. The van der Waals surface area contributed by atoms with Crippen molar-refractivity contribution in [1.82, 2.24) is 14.5 Å². The molecule has 0 saturated carbocycles. The van der Waals surface area contributed by atoms with Crippen molar-refractivity contribution >= 4 is 38.2 Å². The van der Waals surface area contributed by atoms with Gasteiger partial charge in [0.25, 0.3) is 11.8 Å². The van der Waals surface area contributed by atoms with E-state index in [1.54, 1.807) is 7.05 Å². The van der Waals surface area contributed by atoms with E-state index in [2.05, 4.69) is 22.5 Å². The maximum Gasteiger partial charge on any atom is 0.256 e. The normalized spacial score (nSPS) is 18.3. The molecule has 2 amide bonds. The minimum absolute atomic E-state index is 0.00142. The molecule has 2 aromatic rings. The van der Waals surface area contributed by atoms with Gasteiger partial charge in [0, 0.05) is 30.6 Å². The van der Waals surface area contributed by atoms with Crippen molar-refractivity contribution in [3.8, 4) is 0 Å². The van der Waals surface area contributed by atoms with E-state index in [0.717, 1.165) is 42.9 Å². The highest BCUT2D eigenvalue weighted by atomic mass is 32.2. The first-order valence-electron chi connectivity index (χ1n) is 11.7. The molecule has 2 aliphatic rings. The van der Waals surface area contributed by atoms with E-state index in [9.17, 15) is 18.0 Å². The summed E-state index contributed by atoms with van der Waals surface area (Å²) in [6, 6.07) is 5.84. The number of sulfonamides is 1. The molecule has 35 heavy (non-hydrogen) atoms. The van der Waals surface area contributed by atoms with Crippen LogP contribution in [0.25, 0.3) is 0 Å². The van der Waals surface area contributed by atoms with E-state index in [0.29, 0.717) is 22.7 Å². The van der Waals surface area contributed by atoms with Gasteiger partial charge in [-0.15, -0.1) is 11.3 Å². The second kappa shape index (κ2) is 9.98. The number of thiophene rings is 1. The predicted molar refractivity (Wildman–Crippen MR) is 135 cm³/mol. The lowest BCUT2D eigenvalue weighted by Gasteiger charge is -2.28. The number of benzene rings is 1. The summed E-state index contributed by atoms with van der Waals surface area (Å²) >= 11 is 1.43. The Morgan fingerprint density at radius 2 is 1.89 bits per heavy atom. The summed E-state index contributed by atoms with van der Waals surface area (Å²) in [4.78, 5) is 29.3. The maximum atomic E-state index is 13.1. The van der Waals surface area contributed by atoms with Gasteiger partial charge in [-0.3, -0.25) is 14.5 Å². The lowest BCUT2D eigenvalue weighted by atomic mass is 10.0. The number of hydrogen-bond acceptors (Lipinski definition) is 7. The van der Waals surface area contributed by atoms with Gasteiger partial charge in [0.2, 0.25) is 10.0 Å². The third-order valence-electron chi connectivity index (χ3n) is 6.40. The Labute approximate surface area is 210 Å². The largest absolute Gasteiger partial charge is 0.363 e. The third kappa shape index (κ3) is 5.01. The van der Waals surface area contributed by atoms with Crippen LogP contribution in [-0.4, -0.2) is 68.5 Å². The van der Waals surface area contributed by atoms with Crippen molar-refractivity contribution < 1.29 is 22.7 Å². The van der Waals surface area contributed by atoms with E-state index in [4.69, 9.17) is 4.74 Å². The zero-order chi connectivity index (χ0) is 25.4. The molecule has 190 valence electrons. The molecule has 3 heterocycles. The monoisotopic (exact) mass is 520 g/mol. The molecule has 0 spiro atoms. The smallest absolute Gasteiger partial charge is 0.256 e. The predicted octanol–water partition coefficient (Wildman–Crippen LogP) is 2.89. The quantitative estimate of drug-likeness (QED) is 0.581. The van der Waals surface area contributed by atoms with Crippen LogP contribution in [0.3, 0.4) is 0 Å². The van der Waals surface area contributed by atoms with Gasteiger partial charge in [-0.25, -0.2) is 8.42 Å². The van der Waals surface area contributed by atoms with Crippen molar-refractivity contribution in [2.45, 2.75) is 50.6 Å². The Morgan fingerprint density at radius 3 is 2.49 bits per heavy atom. The number of carbonyl (C=O) groups is 2. The fourth-order valence-electron chi connectivity index (χ4n) is 4.52. The molecule has 1 aromatic heterocycles. The highest BCUT2D eigenvalue weighted by Crippen LogP contribution is 2.37. The highest BCUT2D eigenvalue weighted by molar-refractivity contribution is 7.89. The third-order valence-corrected chi connectivity index (χ3v) is 9.58. The number of ether oxygens (including phenoxy) is 1. The second-order valence-corrected chi connectivity index (χ2v) is 12.4. The van der Waals surface area contributed by atoms with Gasteiger partial charge in [0.15, 0.2) is 0 Å². The van der Waals surface area contributed by atoms with Crippen molar-refractivity contribution in [1.29, 1.82) is 0 Å². The molecule has 1 saturated heterocycles. The molecule has 2 N–H and O–H groups in total. The van der Waals surface area contributed by atoms with Crippen LogP contribution in [0, 0.1) is 0 Å². The summed E-state index contributed by atoms with van der Waals surface area (Å²) in [6.07, 6.45) is 1.81. The van der Waals surface area contributed by atoms with Gasteiger partial charge in [-0.1, -0.05) is 6.92 Å². The summed E-state index contributed by atoms with van der Waals surface area (Å²) in [6.45, 7) is 8.71. The van der Waals surface area contributed by atoms with E-state index < -0.39 is 21.5 Å². The fraction of sp³-hybridized carbons (Fsp3) is 0.500. The lowest BCUT2D eigenvalue weighted by molar-refractivity contribution is 0.0962. The topological polar surface area (TPSA) is 108 Å². The highest BCUT2D eigenvalue weighted by Gasteiger charge is 2.42. The second-order valence-electron chi connectivity index (χ2n) is 9.44. The molecule has 0 unspecified atom stereocenters. The molecule has 0 aliphatic carbocycles. The average Bonchev–Trinajstić information content (AvgIpc) is 3.37. The van der Waals surface area contributed by atoms with E-state index in [-0.39, 0.29) is 17.5 Å². The molecule has 9 nitrogen and oxygen atoms in total. The number of nitrogens with zero attached hydrogens (tertiary/aromatic N) is 2. The first-order chi connectivity index (χ1) is 16.6. The van der Waals surface area contributed by atoms with Crippen molar-refractivity contribution in [3.63, 3.8) is 0 Å². The molecule has 0 bridgehead atoms. The summed E-state index contributed by atoms with van der Waals surface area (Å²) in [7, 11) is -2.18. The Hall–Kier alpha value is -2.31. The van der Waals surface area contributed by atoms with E-state index in [1.165, 1.54) is 39.9 Å². The van der Waals surface area contributed by atoms with Crippen LogP contribution in [0.2, 0.25) is 0 Å². The van der Waals surface area contributed by atoms with Gasteiger partial charge in [0.05, 0.1) is 22.6 Å². The molecule has 0 radical (unpaired) electrons. The first-order valence-corrected chi connectivity index (χ1v) is 13.9. The average molecular weight is 521 g/mol. The SMILES string of the molecule is CCCN1CCc2c(sc(NC(=O)c3ccc(S(=O)(=O)N4COCC4(C)C)cc3)c2C(=O)NC)C1. The van der Waals surface area contributed by atoms with Crippen molar-refractivity contribution in [2.24, 2.45) is 0 Å². The molecule has 2 aliphatic heterocycles. The van der Waals surface area contributed by atoms with Crippen LogP contribution in [0.5, 0.6) is 0 Å². The minimum atomic E-state index is -3.76. The molecule has 1 fully saturated rings. The van der Waals surface area contributed by atoms with Gasteiger partial charge in [-0.05, 0) is 63.1 Å². The van der Waals surface area contributed by atoms with Crippen LogP contribution in [-0.2, 0) is 27.7 Å². The zero-order valence-corrected chi connectivity index (χ0v) is 22.1. The van der Waals surface area contributed by atoms with Crippen molar-refractivity contribution in [2.75, 3.05) is 38.8 Å². The van der Waals surface area contributed by atoms with Crippen LogP contribution in [0.4, 0.5) is 5.00 Å². The summed E-state index contributed by atoms with van der Waals surface area (Å²) in [5, 5.41) is 6.10. The minimum Gasteiger partial charge on any atom is -0.363 e. The molecular weight excluding hydrogens is 488 g/mol. The Kier molecular flexibility index (Phi) is 7.35. The van der Waals surface area contributed by atoms with E-state index >= 15 is 0 Å². The van der Waals surface area contributed by atoms with E-state index in [1.807, 2.05) is 13.8 Å². The maximum absolute atomic E-state index is 13.1. The number of anilines is 1. The molecule has 11 heteroatoms. The Morgan fingerprint density at radius 1 is 1.17 bits per heavy atom. The zero-order valence-electron chi connectivity index (χ0n) is 20.5. The molecule has 1 aromatic carbocycles. The molecule has 4 rings (SSSR count). The fourth-order valence-corrected chi connectivity index (χ4v) is 7.45. The first kappa shape index (κ1) is 25.8. The van der Waals surface area contributed by atoms with Gasteiger partial charge in [-0.2, -0.15) is 4.31 Å². The number of nitrogens with one attached hydrogen (secondary N) is 2. The number of carbonyl (C=O) groups excluding carboxylic acids is 2. The Bertz CT molecular complexity index is 1220. The van der Waals surface area contributed by atoms with Crippen molar-refractivity contribution in [3.05, 3.63) is 45.8 Å².